The van der Waals surface area contributed by atoms with E-state index in [1.54, 1.807) is 37.4 Å². The maximum Gasteiger partial charge on any atom is 0.294 e. The number of nitro groups is 1. The van der Waals surface area contributed by atoms with Crippen molar-refractivity contribution in [2.75, 3.05) is 24.7 Å². The van der Waals surface area contributed by atoms with Crippen LogP contribution in [0, 0.1) is 10.1 Å². The average Bonchev–Trinajstić information content (AvgIpc) is 2.52. The molecule has 23 heavy (non-hydrogen) atoms. The summed E-state index contributed by atoms with van der Waals surface area (Å²) in [5, 5.41) is 11.3. The van der Waals surface area contributed by atoms with Gasteiger partial charge in [-0.25, -0.2) is 8.42 Å². The van der Waals surface area contributed by atoms with E-state index in [1.807, 2.05) is 0 Å². The van der Waals surface area contributed by atoms with E-state index in [2.05, 4.69) is 0 Å². The van der Waals surface area contributed by atoms with Gasteiger partial charge in [0.2, 0.25) is 10.0 Å². The molecule has 0 aromatic heterocycles. The maximum absolute atomic E-state index is 11.6. The minimum Gasteiger partial charge on any atom is -0.497 e. The van der Waals surface area contributed by atoms with Crippen molar-refractivity contribution in [2.24, 2.45) is 0 Å². The topological polar surface area (TPSA) is 89.8 Å². The van der Waals surface area contributed by atoms with Crippen LogP contribution >= 0.6 is 0 Å². The lowest BCUT2D eigenvalue weighted by Gasteiger charge is -2.17. The smallest absolute Gasteiger partial charge is 0.294 e. The third-order valence-corrected chi connectivity index (χ3v) is 4.62. The number of sulfonamides is 1. The van der Waals surface area contributed by atoms with E-state index >= 15 is 0 Å². The van der Waals surface area contributed by atoms with Crippen molar-refractivity contribution in [2.45, 2.75) is 0 Å². The molecule has 7 nitrogen and oxygen atoms in total. The summed E-state index contributed by atoms with van der Waals surface area (Å²) in [6.07, 6.45) is 0.994. The Hall–Kier alpha value is -2.61. The van der Waals surface area contributed by atoms with Crippen LogP contribution in [0.15, 0.2) is 42.5 Å². The number of anilines is 1. The monoisotopic (exact) mass is 336 g/mol. The predicted octanol–water partition coefficient (Wildman–Crippen LogP) is 2.67. The summed E-state index contributed by atoms with van der Waals surface area (Å²) in [4.78, 5) is 10.7. The number of rotatable bonds is 5. The first-order valence-corrected chi connectivity index (χ1v) is 8.45. The SMILES string of the molecule is COc1ccc(-c2ccc(N(C)S(C)(=O)=O)c([N+](=O)[O-])c2)cc1. The summed E-state index contributed by atoms with van der Waals surface area (Å²) in [5.41, 5.74) is 1.13. The van der Waals surface area contributed by atoms with Gasteiger partial charge >= 0.3 is 0 Å². The van der Waals surface area contributed by atoms with Crippen molar-refractivity contribution in [1.29, 1.82) is 0 Å². The van der Waals surface area contributed by atoms with Crippen LogP contribution in [0.2, 0.25) is 0 Å². The van der Waals surface area contributed by atoms with Gasteiger partial charge < -0.3 is 4.74 Å². The molecule has 0 saturated carbocycles. The summed E-state index contributed by atoms with van der Waals surface area (Å²) in [6.45, 7) is 0. The minimum absolute atomic E-state index is 0.0229. The first-order chi connectivity index (χ1) is 10.7. The van der Waals surface area contributed by atoms with Gasteiger partial charge in [0.15, 0.2) is 0 Å². The number of nitrogens with zero attached hydrogens (tertiary/aromatic N) is 2. The molecule has 2 aromatic carbocycles. The second-order valence-corrected chi connectivity index (χ2v) is 6.93. The third kappa shape index (κ3) is 3.59. The largest absolute Gasteiger partial charge is 0.497 e. The van der Waals surface area contributed by atoms with E-state index in [0.717, 1.165) is 16.1 Å². The Bertz CT molecular complexity index is 831. The third-order valence-electron chi connectivity index (χ3n) is 3.43. The lowest BCUT2D eigenvalue weighted by molar-refractivity contribution is -0.384. The van der Waals surface area contributed by atoms with Crippen molar-refractivity contribution in [3.63, 3.8) is 0 Å². The zero-order valence-corrected chi connectivity index (χ0v) is 13.7. The zero-order chi connectivity index (χ0) is 17.2. The van der Waals surface area contributed by atoms with Crippen molar-refractivity contribution in [3.8, 4) is 16.9 Å². The molecule has 0 aliphatic heterocycles. The summed E-state index contributed by atoms with van der Waals surface area (Å²) >= 11 is 0. The molecule has 0 amide bonds. The molecule has 0 unspecified atom stereocenters. The van der Waals surface area contributed by atoms with Gasteiger partial charge in [0, 0.05) is 13.1 Å². The maximum atomic E-state index is 11.6. The fourth-order valence-corrected chi connectivity index (χ4v) is 2.59. The molecule has 0 radical (unpaired) electrons. The first kappa shape index (κ1) is 16.8. The Kier molecular flexibility index (Phi) is 4.55. The molecule has 0 heterocycles. The predicted molar refractivity (Wildman–Crippen MR) is 88.3 cm³/mol. The van der Waals surface area contributed by atoms with Crippen molar-refractivity contribution < 1.29 is 18.1 Å². The number of hydrogen-bond acceptors (Lipinski definition) is 5. The fourth-order valence-electron chi connectivity index (χ4n) is 2.08. The van der Waals surface area contributed by atoms with Gasteiger partial charge in [-0.1, -0.05) is 18.2 Å². The molecule has 8 heteroatoms. The molecule has 0 N–H and O–H groups in total. The van der Waals surface area contributed by atoms with E-state index in [0.29, 0.717) is 11.3 Å². The van der Waals surface area contributed by atoms with Gasteiger partial charge in [0.1, 0.15) is 11.4 Å². The van der Waals surface area contributed by atoms with Gasteiger partial charge in [-0.2, -0.15) is 0 Å². The van der Waals surface area contributed by atoms with Gasteiger partial charge in [-0.05, 0) is 29.3 Å². The van der Waals surface area contributed by atoms with Crippen LogP contribution in [0.3, 0.4) is 0 Å². The molecule has 0 aliphatic rings. The van der Waals surface area contributed by atoms with Crippen molar-refractivity contribution in [3.05, 3.63) is 52.6 Å². The number of ether oxygens (including phenoxy) is 1. The van der Waals surface area contributed by atoms with Gasteiger partial charge in [-0.15, -0.1) is 0 Å². The summed E-state index contributed by atoms with van der Waals surface area (Å²) in [7, 11) is -0.752. The first-order valence-electron chi connectivity index (χ1n) is 6.61. The lowest BCUT2D eigenvalue weighted by Crippen LogP contribution is -2.25. The Labute approximate surface area is 134 Å². The van der Waals surface area contributed by atoms with Crippen LogP contribution in [0.5, 0.6) is 5.75 Å². The molecule has 122 valence electrons. The Morgan fingerprint density at radius 1 is 1.09 bits per heavy atom. The summed E-state index contributed by atoms with van der Waals surface area (Å²) in [6, 6.07) is 11.5. The van der Waals surface area contributed by atoms with Crippen molar-refractivity contribution in [1.82, 2.24) is 0 Å². The van der Waals surface area contributed by atoms with E-state index in [9.17, 15) is 18.5 Å². The Morgan fingerprint density at radius 2 is 1.65 bits per heavy atom. The molecule has 0 aliphatic carbocycles. The van der Waals surface area contributed by atoms with Crippen LogP contribution in [-0.4, -0.2) is 33.8 Å². The second-order valence-electron chi connectivity index (χ2n) is 4.92. The van der Waals surface area contributed by atoms with E-state index in [4.69, 9.17) is 4.74 Å². The van der Waals surface area contributed by atoms with Crippen LogP contribution < -0.4 is 9.04 Å². The average molecular weight is 336 g/mol. The Balaban J connectivity index is 2.53. The highest BCUT2D eigenvalue weighted by molar-refractivity contribution is 7.92. The molecule has 0 fully saturated rings. The normalized spacial score (nSPS) is 11.1. The molecule has 0 spiro atoms. The molecule has 2 rings (SSSR count). The van der Waals surface area contributed by atoms with Crippen LogP contribution in [0.1, 0.15) is 0 Å². The molecule has 0 atom stereocenters. The standard InChI is InChI=1S/C15H16N2O5S/c1-16(23(3,20)21)14-9-6-12(10-15(14)17(18)19)11-4-7-13(22-2)8-5-11/h4-10H,1-3H3. The second kappa shape index (κ2) is 6.25. The van der Waals surface area contributed by atoms with Gasteiger partial charge in [0.05, 0.1) is 18.3 Å². The van der Waals surface area contributed by atoms with E-state index in [1.165, 1.54) is 19.2 Å². The zero-order valence-electron chi connectivity index (χ0n) is 12.9. The minimum atomic E-state index is -3.59. The number of nitro benzene ring substituents is 1. The Morgan fingerprint density at radius 3 is 2.13 bits per heavy atom. The van der Waals surface area contributed by atoms with Crippen LogP contribution in [0.25, 0.3) is 11.1 Å². The molecule has 2 aromatic rings. The van der Waals surface area contributed by atoms with Crippen LogP contribution in [0.4, 0.5) is 11.4 Å². The molecular weight excluding hydrogens is 320 g/mol. The van der Waals surface area contributed by atoms with Crippen molar-refractivity contribution >= 4 is 21.4 Å². The fraction of sp³-hybridized carbons (Fsp3) is 0.200. The highest BCUT2D eigenvalue weighted by atomic mass is 32.2. The number of methoxy groups -OCH3 is 1. The van der Waals surface area contributed by atoms with Gasteiger partial charge in [-0.3, -0.25) is 14.4 Å². The summed E-state index contributed by atoms with van der Waals surface area (Å²) in [5.74, 6) is 0.677. The van der Waals surface area contributed by atoms with Crippen LogP contribution in [-0.2, 0) is 10.0 Å². The van der Waals surface area contributed by atoms with E-state index in [-0.39, 0.29) is 11.4 Å². The van der Waals surface area contributed by atoms with E-state index < -0.39 is 14.9 Å². The molecule has 0 bridgehead atoms. The quantitative estimate of drug-likeness (QED) is 0.618. The summed E-state index contributed by atoms with van der Waals surface area (Å²) < 4.78 is 29.2. The highest BCUT2D eigenvalue weighted by Crippen LogP contribution is 2.34. The highest BCUT2D eigenvalue weighted by Gasteiger charge is 2.23. The number of hydrogen-bond donors (Lipinski definition) is 0. The molecular formula is C15H16N2O5S. The molecule has 0 saturated heterocycles. The lowest BCUT2D eigenvalue weighted by atomic mass is 10.0. The number of benzene rings is 2. The van der Waals surface area contributed by atoms with Gasteiger partial charge in [0.25, 0.3) is 5.69 Å².